The van der Waals surface area contributed by atoms with Crippen LogP contribution in [0.25, 0.3) is 0 Å². The second-order valence-electron chi connectivity index (χ2n) is 8.81. The van der Waals surface area contributed by atoms with E-state index in [1.165, 1.54) is 0 Å². The van der Waals surface area contributed by atoms with Crippen LogP contribution in [0.4, 0.5) is 52.7 Å². The van der Waals surface area contributed by atoms with Crippen LogP contribution in [0.2, 0.25) is 0 Å². The fraction of sp³-hybridized carbons (Fsp3) is 1.00. The van der Waals surface area contributed by atoms with Crippen molar-refractivity contribution in [1.29, 1.82) is 0 Å². The van der Waals surface area contributed by atoms with E-state index in [9.17, 15) is 62.9 Å². The standard InChI is InChI=1S/C18H22F12O2/c19-15(20,21)13(16(22,23)24)9-5-8-12(32,11(31)6-3-1-2-4-7-11)10-14(13,17(25,26)27)18(28,29)30/h31-32H,1-10H2. The van der Waals surface area contributed by atoms with Crippen LogP contribution in [0.5, 0.6) is 0 Å². The van der Waals surface area contributed by atoms with Crippen LogP contribution < -0.4 is 0 Å². The Labute approximate surface area is 175 Å². The maximum absolute atomic E-state index is 14.0. The SMILES string of the molecule is OC1(C2(O)CCCC(C(F)(F)F)(C(F)(F)F)C(C(F)(F)F)(C(F)(F)F)C2)CCCCCC1. The molecular formula is C18H22F12O2. The van der Waals surface area contributed by atoms with Crippen molar-refractivity contribution in [2.45, 2.75) is 100 Å². The van der Waals surface area contributed by atoms with Gasteiger partial charge in [-0.2, -0.15) is 52.7 Å². The van der Waals surface area contributed by atoms with Gasteiger partial charge in [0.15, 0.2) is 10.8 Å². The third-order valence-electron chi connectivity index (χ3n) is 7.16. The van der Waals surface area contributed by atoms with Crippen LogP contribution in [0, 0.1) is 10.8 Å². The topological polar surface area (TPSA) is 40.5 Å². The Morgan fingerprint density at radius 2 is 0.750 bits per heavy atom. The molecule has 0 spiro atoms. The predicted molar refractivity (Wildman–Crippen MR) is 85.2 cm³/mol. The summed E-state index contributed by atoms with van der Waals surface area (Å²) in [5.41, 5.74) is -18.9. The molecule has 190 valence electrons. The molecule has 2 N–H and O–H groups in total. The Morgan fingerprint density at radius 3 is 1.09 bits per heavy atom. The second-order valence-corrected chi connectivity index (χ2v) is 8.81. The summed E-state index contributed by atoms with van der Waals surface area (Å²) in [7, 11) is 0. The van der Waals surface area contributed by atoms with E-state index in [-0.39, 0.29) is 12.8 Å². The van der Waals surface area contributed by atoms with Crippen molar-refractivity contribution in [3.8, 4) is 0 Å². The molecule has 2 nitrogen and oxygen atoms in total. The van der Waals surface area contributed by atoms with Crippen molar-refractivity contribution in [3.05, 3.63) is 0 Å². The maximum Gasteiger partial charge on any atom is 0.404 e. The van der Waals surface area contributed by atoms with Crippen LogP contribution in [-0.4, -0.2) is 46.1 Å². The molecule has 2 rings (SSSR count). The van der Waals surface area contributed by atoms with Gasteiger partial charge in [-0.05, 0) is 32.1 Å². The quantitative estimate of drug-likeness (QED) is 0.316. The van der Waals surface area contributed by atoms with Gasteiger partial charge in [0, 0.05) is 6.42 Å². The smallest absolute Gasteiger partial charge is 0.387 e. The van der Waals surface area contributed by atoms with E-state index in [0.29, 0.717) is 12.8 Å². The average molecular weight is 498 g/mol. The van der Waals surface area contributed by atoms with Crippen molar-refractivity contribution in [2.75, 3.05) is 0 Å². The van der Waals surface area contributed by atoms with E-state index in [2.05, 4.69) is 0 Å². The minimum Gasteiger partial charge on any atom is -0.387 e. The van der Waals surface area contributed by atoms with Crippen LogP contribution in [0.15, 0.2) is 0 Å². The first kappa shape index (κ1) is 27.3. The highest BCUT2D eigenvalue weighted by molar-refractivity contribution is 5.19. The van der Waals surface area contributed by atoms with Crippen LogP contribution >= 0.6 is 0 Å². The van der Waals surface area contributed by atoms with E-state index in [4.69, 9.17) is 0 Å². The third kappa shape index (κ3) is 3.76. The highest BCUT2D eigenvalue weighted by Crippen LogP contribution is 2.75. The highest BCUT2D eigenvalue weighted by atomic mass is 19.4. The zero-order valence-corrected chi connectivity index (χ0v) is 16.5. The Kier molecular flexibility index (Phi) is 6.67. The van der Waals surface area contributed by atoms with Crippen molar-refractivity contribution in [3.63, 3.8) is 0 Å². The molecule has 2 aliphatic rings. The monoisotopic (exact) mass is 498 g/mol. The molecule has 1 atom stereocenters. The molecule has 2 aliphatic carbocycles. The zero-order valence-electron chi connectivity index (χ0n) is 16.5. The average Bonchev–Trinajstić information content (AvgIpc) is 2.87. The predicted octanol–water partition coefficient (Wildman–Crippen LogP) is 6.60. The van der Waals surface area contributed by atoms with Gasteiger partial charge in [-0.3, -0.25) is 0 Å². The van der Waals surface area contributed by atoms with Gasteiger partial charge in [0.25, 0.3) is 0 Å². The van der Waals surface area contributed by atoms with Gasteiger partial charge in [0.2, 0.25) is 0 Å². The van der Waals surface area contributed by atoms with Crippen LogP contribution in [-0.2, 0) is 0 Å². The second kappa shape index (κ2) is 7.81. The molecule has 0 amide bonds. The molecule has 0 radical (unpaired) electrons. The molecule has 0 aromatic carbocycles. The summed E-state index contributed by atoms with van der Waals surface area (Å²) in [6, 6.07) is 0. The van der Waals surface area contributed by atoms with Gasteiger partial charge >= 0.3 is 24.7 Å². The molecule has 0 bridgehead atoms. The molecule has 0 heterocycles. The van der Waals surface area contributed by atoms with E-state index in [1.807, 2.05) is 0 Å². The molecule has 1 unspecified atom stereocenters. The van der Waals surface area contributed by atoms with Gasteiger partial charge in [-0.15, -0.1) is 0 Å². The fourth-order valence-electron chi connectivity index (χ4n) is 5.49. The van der Waals surface area contributed by atoms with Gasteiger partial charge in [-0.1, -0.05) is 25.7 Å². The number of rotatable bonds is 1. The summed E-state index contributed by atoms with van der Waals surface area (Å²) >= 11 is 0. The minimum absolute atomic E-state index is 0.0214. The van der Waals surface area contributed by atoms with Crippen molar-refractivity contribution in [1.82, 2.24) is 0 Å². The molecule has 0 aliphatic heterocycles. The third-order valence-corrected chi connectivity index (χ3v) is 7.16. The molecular weight excluding hydrogens is 476 g/mol. The lowest BCUT2D eigenvalue weighted by Gasteiger charge is -2.54. The molecule has 0 aromatic heterocycles. The lowest BCUT2D eigenvalue weighted by molar-refractivity contribution is -0.477. The van der Waals surface area contributed by atoms with Crippen molar-refractivity contribution >= 4 is 0 Å². The number of hydrogen-bond donors (Lipinski definition) is 2. The summed E-state index contributed by atoms with van der Waals surface area (Å²) in [4.78, 5) is 0. The number of halogens is 12. The van der Waals surface area contributed by atoms with Crippen molar-refractivity contribution in [2.24, 2.45) is 10.8 Å². The van der Waals surface area contributed by atoms with Crippen LogP contribution in [0.3, 0.4) is 0 Å². The first-order valence-electron chi connectivity index (χ1n) is 9.84. The molecule has 32 heavy (non-hydrogen) atoms. The Bertz CT molecular complexity index is 639. The zero-order chi connectivity index (χ0) is 25.1. The lowest BCUT2D eigenvalue weighted by Crippen LogP contribution is -2.72. The molecule has 14 heteroatoms. The van der Waals surface area contributed by atoms with Crippen LogP contribution in [0.1, 0.15) is 64.2 Å². The summed E-state index contributed by atoms with van der Waals surface area (Å²) in [5, 5.41) is 21.8. The minimum atomic E-state index is -7.12. The Hall–Kier alpha value is -0.920. The van der Waals surface area contributed by atoms with E-state index in [1.54, 1.807) is 0 Å². The van der Waals surface area contributed by atoms with Gasteiger partial charge in [0.1, 0.15) is 0 Å². The number of aliphatic hydroxyl groups is 2. The van der Waals surface area contributed by atoms with Gasteiger partial charge < -0.3 is 10.2 Å². The molecule has 0 saturated heterocycles. The van der Waals surface area contributed by atoms with E-state index in [0.717, 1.165) is 0 Å². The summed E-state index contributed by atoms with van der Waals surface area (Å²) < 4.78 is 167. The first-order valence-corrected chi connectivity index (χ1v) is 9.84. The van der Waals surface area contributed by atoms with E-state index < -0.39 is 85.3 Å². The number of alkyl halides is 12. The highest BCUT2D eigenvalue weighted by Gasteiger charge is 2.93. The normalized spacial score (nSPS) is 29.8. The Morgan fingerprint density at radius 1 is 0.406 bits per heavy atom. The summed E-state index contributed by atoms with van der Waals surface area (Å²) in [5.74, 6) is 0. The maximum atomic E-state index is 14.0. The van der Waals surface area contributed by atoms with E-state index >= 15 is 0 Å². The fourth-order valence-corrected chi connectivity index (χ4v) is 5.49. The van der Waals surface area contributed by atoms with Gasteiger partial charge in [-0.25, -0.2) is 0 Å². The molecule has 0 aromatic rings. The first-order chi connectivity index (χ1) is 14.1. The summed E-state index contributed by atoms with van der Waals surface area (Å²) in [6.45, 7) is 0. The lowest BCUT2D eigenvalue weighted by atomic mass is 9.55. The molecule has 2 fully saturated rings. The number of hydrogen-bond acceptors (Lipinski definition) is 2. The summed E-state index contributed by atoms with van der Waals surface area (Å²) in [6.07, 6.45) is -37.0. The Balaban J connectivity index is 2.95. The molecule has 2 saturated carbocycles. The van der Waals surface area contributed by atoms with Crippen molar-refractivity contribution < 1.29 is 62.9 Å². The largest absolute Gasteiger partial charge is 0.404 e. The van der Waals surface area contributed by atoms with Gasteiger partial charge in [0.05, 0.1) is 11.2 Å².